The van der Waals surface area contributed by atoms with Gasteiger partial charge in [-0.3, -0.25) is 4.90 Å². The number of likely N-dealkylation sites (tertiary alicyclic amines) is 1. The quantitative estimate of drug-likeness (QED) is 0.702. The predicted molar refractivity (Wildman–Crippen MR) is 54.7 cm³/mol. The molecule has 0 aromatic rings. The number of ether oxygens (including phenoxy) is 1. The maximum atomic E-state index is 5.71. The molecular weight excluding hydrogens is 164 g/mol. The van der Waals surface area contributed by atoms with E-state index in [1.807, 2.05) is 0 Å². The molecule has 1 aliphatic heterocycles. The molecule has 1 atom stereocenters. The minimum atomic E-state index is 0.409. The zero-order valence-electron chi connectivity index (χ0n) is 9.05. The van der Waals surface area contributed by atoms with Gasteiger partial charge in [-0.1, -0.05) is 13.8 Å². The minimum Gasteiger partial charge on any atom is -0.383 e. The van der Waals surface area contributed by atoms with Crippen LogP contribution in [0, 0.1) is 5.41 Å². The van der Waals surface area contributed by atoms with Gasteiger partial charge in [0.25, 0.3) is 0 Å². The van der Waals surface area contributed by atoms with Crippen LogP contribution in [-0.4, -0.2) is 44.3 Å². The van der Waals surface area contributed by atoms with Gasteiger partial charge in [0.2, 0.25) is 0 Å². The smallest absolute Gasteiger partial charge is 0.0630 e. The average Bonchev–Trinajstić information content (AvgIpc) is 2.42. The van der Waals surface area contributed by atoms with E-state index < -0.39 is 0 Å². The first-order valence-electron chi connectivity index (χ1n) is 5.02. The Morgan fingerprint density at radius 1 is 1.54 bits per heavy atom. The second kappa shape index (κ2) is 4.40. The van der Waals surface area contributed by atoms with Gasteiger partial charge < -0.3 is 10.5 Å². The van der Waals surface area contributed by atoms with Crippen LogP contribution in [-0.2, 0) is 4.74 Å². The highest BCUT2D eigenvalue weighted by Gasteiger charge is 2.32. The first kappa shape index (κ1) is 11.0. The molecule has 1 unspecified atom stereocenters. The fourth-order valence-electron chi connectivity index (χ4n) is 1.98. The summed E-state index contributed by atoms with van der Waals surface area (Å²) in [7, 11) is 1.74. The molecule has 1 aliphatic rings. The van der Waals surface area contributed by atoms with E-state index >= 15 is 0 Å². The lowest BCUT2D eigenvalue weighted by molar-refractivity contribution is 0.103. The van der Waals surface area contributed by atoms with Gasteiger partial charge >= 0.3 is 0 Å². The summed E-state index contributed by atoms with van der Waals surface area (Å²) >= 11 is 0. The van der Waals surface area contributed by atoms with Crippen molar-refractivity contribution in [3.8, 4) is 0 Å². The monoisotopic (exact) mass is 186 g/mol. The van der Waals surface area contributed by atoms with Crippen molar-refractivity contribution >= 4 is 0 Å². The fraction of sp³-hybridized carbons (Fsp3) is 1.00. The maximum absolute atomic E-state index is 5.71. The molecule has 0 aromatic heterocycles. The zero-order valence-corrected chi connectivity index (χ0v) is 9.05. The van der Waals surface area contributed by atoms with E-state index in [2.05, 4.69) is 18.7 Å². The Labute approximate surface area is 81.2 Å². The summed E-state index contributed by atoms with van der Waals surface area (Å²) < 4.78 is 5.15. The van der Waals surface area contributed by atoms with E-state index in [1.54, 1.807) is 7.11 Å². The highest BCUT2D eigenvalue weighted by atomic mass is 16.5. The summed E-state index contributed by atoms with van der Waals surface area (Å²) in [5.41, 5.74) is 6.17. The van der Waals surface area contributed by atoms with Crippen LogP contribution >= 0.6 is 0 Å². The molecule has 0 spiro atoms. The Hall–Kier alpha value is -0.120. The van der Waals surface area contributed by atoms with Crippen molar-refractivity contribution < 1.29 is 4.74 Å². The highest BCUT2D eigenvalue weighted by Crippen LogP contribution is 2.29. The summed E-state index contributed by atoms with van der Waals surface area (Å²) in [4.78, 5) is 2.45. The van der Waals surface area contributed by atoms with E-state index in [4.69, 9.17) is 10.5 Å². The Balaban J connectivity index is 2.43. The third-order valence-electron chi connectivity index (χ3n) is 2.85. The van der Waals surface area contributed by atoms with E-state index in [-0.39, 0.29) is 0 Å². The Morgan fingerprint density at radius 3 is 2.62 bits per heavy atom. The molecule has 1 fully saturated rings. The van der Waals surface area contributed by atoms with Crippen LogP contribution in [0.4, 0.5) is 0 Å². The minimum absolute atomic E-state index is 0.409. The molecule has 0 amide bonds. The summed E-state index contributed by atoms with van der Waals surface area (Å²) in [5.74, 6) is 0. The number of rotatable bonds is 4. The van der Waals surface area contributed by atoms with Gasteiger partial charge in [-0.05, 0) is 18.4 Å². The van der Waals surface area contributed by atoms with Crippen LogP contribution in [0.25, 0.3) is 0 Å². The number of hydrogen-bond acceptors (Lipinski definition) is 3. The third kappa shape index (κ3) is 2.93. The molecule has 1 saturated heterocycles. The summed E-state index contributed by atoms with van der Waals surface area (Å²) in [5, 5.41) is 0. The lowest BCUT2D eigenvalue weighted by atomic mass is 9.93. The highest BCUT2D eigenvalue weighted by molar-refractivity contribution is 4.86. The van der Waals surface area contributed by atoms with Gasteiger partial charge in [-0.25, -0.2) is 0 Å². The Bertz CT molecular complexity index is 159. The molecule has 1 rings (SSSR count). The average molecular weight is 186 g/mol. The van der Waals surface area contributed by atoms with Crippen molar-refractivity contribution in [1.29, 1.82) is 0 Å². The van der Waals surface area contributed by atoms with Crippen LogP contribution in [0.15, 0.2) is 0 Å². The molecular formula is C10H22N2O. The van der Waals surface area contributed by atoms with Gasteiger partial charge in [0.15, 0.2) is 0 Å². The first-order chi connectivity index (χ1) is 6.09. The molecule has 13 heavy (non-hydrogen) atoms. The third-order valence-corrected chi connectivity index (χ3v) is 2.85. The zero-order chi connectivity index (χ0) is 9.90. The van der Waals surface area contributed by atoms with E-state index in [0.717, 1.165) is 19.7 Å². The van der Waals surface area contributed by atoms with Gasteiger partial charge in [0.1, 0.15) is 0 Å². The van der Waals surface area contributed by atoms with Crippen LogP contribution in [0.2, 0.25) is 0 Å². The molecule has 0 aliphatic carbocycles. The number of hydrogen-bond donors (Lipinski definition) is 1. The first-order valence-corrected chi connectivity index (χ1v) is 5.02. The number of nitrogens with two attached hydrogens (primary N) is 1. The standard InChI is InChI=1S/C10H22N2O/c1-10(2)4-5-12(8-10)9(6-11)7-13-3/h9H,4-8,11H2,1-3H3. The van der Waals surface area contributed by atoms with E-state index in [9.17, 15) is 0 Å². The molecule has 3 nitrogen and oxygen atoms in total. The fourth-order valence-corrected chi connectivity index (χ4v) is 1.98. The molecule has 3 heteroatoms. The maximum Gasteiger partial charge on any atom is 0.0630 e. The second-order valence-electron chi connectivity index (χ2n) is 4.73. The van der Waals surface area contributed by atoms with Crippen molar-refractivity contribution in [2.24, 2.45) is 11.1 Å². The molecule has 2 N–H and O–H groups in total. The lowest BCUT2D eigenvalue weighted by Crippen LogP contribution is -2.42. The van der Waals surface area contributed by atoms with Crippen LogP contribution in [0.5, 0.6) is 0 Å². The van der Waals surface area contributed by atoms with Crippen LogP contribution in [0.3, 0.4) is 0 Å². The normalized spacial score (nSPS) is 24.9. The molecule has 0 radical (unpaired) electrons. The van der Waals surface area contributed by atoms with Crippen molar-refractivity contribution in [2.75, 3.05) is 33.4 Å². The van der Waals surface area contributed by atoms with Crippen LogP contribution in [0.1, 0.15) is 20.3 Å². The predicted octanol–water partition coefficient (Wildman–Crippen LogP) is 0.692. The summed E-state index contributed by atoms with van der Waals surface area (Å²) in [6, 6.07) is 0.409. The van der Waals surface area contributed by atoms with Crippen LogP contribution < -0.4 is 5.73 Å². The van der Waals surface area contributed by atoms with E-state index in [0.29, 0.717) is 18.0 Å². The lowest BCUT2D eigenvalue weighted by Gasteiger charge is -2.27. The Kier molecular flexibility index (Phi) is 3.71. The van der Waals surface area contributed by atoms with Gasteiger partial charge in [0.05, 0.1) is 6.61 Å². The summed E-state index contributed by atoms with van der Waals surface area (Å²) in [6.45, 7) is 8.40. The van der Waals surface area contributed by atoms with Gasteiger partial charge in [-0.2, -0.15) is 0 Å². The molecule has 78 valence electrons. The number of nitrogens with zero attached hydrogens (tertiary/aromatic N) is 1. The van der Waals surface area contributed by atoms with Crippen molar-refractivity contribution in [1.82, 2.24) is 4.90 Å². The Morgan fingerprint density at radius 2 is 2.23 bits per heavy atom. The van der Waals surface area contributed by atoms with E-state index in [1.165, 1.54) is 6.42 Å². The summed E-state index contributed by atoms with van der Waals surface area (Å²) in [6.07, 6.45) is 1.27. The van der Waals surface area contributed by atoms with Crippen molar-refractivity contribution in [3.63, 3.8) is 0 Å². The number of methoxy groups -OCH3 is 1. The molecule has 1 heterocycles. The molecule has 0 bridgehead atoms. The molecule has 0 aromatic carbocycles. The second-order valence-corrected chi connectivity index (χ2v) is 4.73. The molecule has 0 saturated carbocycles. The van der Waals surface area contributed by atoms with Crippen molar-refractivity contribution in [3.05, 3.63) is 0 Å². The van der Waals surface area contributed by atoms with Gasteiger partial charge in [0, 0.05) is 26.2 Å². The largest absolute Gasteiger partial charge is 0.383 e. The van der Waals surface area contributed by atoms with Crippen molar-refractivity contribution in [2.45, 2.75) is 26.3 Å². The topological polar surface area (TPSA) is 38.5 Å². The van der Waals surface area contributed by atoms with Gasteiger partial charge in [-0.15, -0.1) is 0 Å². The SMILES string of the molecule is COCC(CN)N1CCC(C)(C)C1.